The third-order valence-electron chi connectivity index (χ3n) is 17.1. The van der Waals surface area contributed by atoms with Crippen molar-refractivity contribution < 1.29 is 0 Å². The van der Waals surface area contributed by atoms with Crippen molar-refractivity contribution >= 4 is 49.4 Å². The maximum atomic E-state index is 2.51. The zero-order valence-corrected chi connectivity index (χ0v) is 41.1. The van der Waals surface area contributed by atoms with Crippen LogP contribution < -0.4 is 4.90 Å². The molecule has 13 aromatic rings. The van der Waals surface area contributed by atoms with E-state index in [1.807, 2.05) is 0 Å². The van der Waals surface area contributed by atoms with E-state index < -0.39 is 10.8 Å². The Morgan fingerprint density at radius 2 is 0.547 bits per heavy atom. The van der Waals surface area contributed by atoms with E-state index in [0.717, 1.165) is 17.1 Å². The van der Waals surface area contributed by atoms with Crippen molar-refractivity contribution in [2.45, 2.75) is 10.8 Å². The molecule has 0 aromatic heterocycles. The summed E-state index contributed by atoms with van der Waals surface area (Å²) in [7, 11) is 0. The lowest BCUT2D eigenvalue weighted by Crippen LogP contribution is -2.28. The standard InChI is InChI=1S/C74H47N/c1-3-19-50(20-4-1)73(51-21-5-2-6-22-51)67-31-15-11-29-62(67)64-42-37-49(45-71(64)73)48-35-38-52(39-36-48)75(53-40-43-59-57-25-8-7-23-55(57)56-24-9-10-26-58(56)66(59)46-53)54-41-44-65-63-30-14-18-34-70(63)74(72(65)47-54)68-32-16-12-27-60(68)61-28-13-17-33-69(61)74/h1-47H. The van der Waals surface area contributed by atoms with Crippen LogP contribution in [0, 0.1) is 0 Å². The van der Waals surface area contributed by atoms with Crippen LogP contribution in [0.4, 0.5) is 17.1 Å². The molecule has 0 bridgehead atoms. The SMILES string of the molecule is c1ccc(C2(c3ccccc3)c3ccccc3-c3ccc(-c4ccc(N(c5ccc6c(c5)C5(c7ccccc7-c7ccccc75)c5ccccc5-6)c5ccc6c7ccccc7c7ccccc7c6c5)cc4)cc32)cc1. The van der Waals surface area contributed by atoms with Gasteiger partial charge < -0.3 is 4.90 Å². The van der Waals surface area contributed by atoms with Crippen LogP contribution in [0.3, 0.4) is 0 Å². The molecule has 0 saturated carbocycles. The van der Waals surface area contributed by atoms with Crippen molar-refractivity contribution in [2.75, 3.05) is 4.90 Å². The lowest BCUT2D eigenvalue weighted by atomic mass is 9.67. The van der Waals surface area contributed by atoms with Crippen molar-refractivity contribution in [1.82, 2.24) is 0 Å². The normalized spacial score (nSPS) is 13.8. The van der Waals surface area contributed by atoms with Crippen molar-refractivity contribution in [3.63, 3.8) is 0 Å². The summed E-state index contributed by atoms with van der Waals surface area (Å²) in [4.78, 5) is 2.49. The van der Waals surface area contributed by atoms with Gasteiger partial charge >= 0.3 is 0 Å². The molecule has 16 rings (SSSR count). The molecule has 0 aliphatic heterocycles. The van der Waals surface area contributed by atoms with Crippen LogP contribution >= 0.6 is 0 Å². The third-order valence-corrected chi connectivity index (χ3v) is 17.1. The average molecular weight is 950 g/mol. The first kappa shape index (κ1) is 42.0. The summed E-state index contributed by atoms with van der Waals surface area (Å²) in [5, 5.41) is 7.57. The summed E-state index contributed by atoms with van der Waals surface area (Å²) in [6.07, 6.45) is 0. The van der Waals surface area contributed by atoms with Gasteiger partial charge in [-0.1, -0.05) is 243 Å². The maximum absolute atomic E-state index is 2.51. The van der Waals surface area contributed by atoms with Crippen molar-refractivity contribution in [3.05, 3.63) is 330 Å². The van der Waals surface area contributed by atoms with E-state index in [4.69, 9.17) is 0 Å². The fourth-order valence-electron chi connectivity index (χ4n) is 14.1. The highest BCUT2D eigenvalue weighted by Gasteiger charge is 2.52. The molecule has 0 saturated heterocycles. The molecule has 75 heavy (non-hydrogen) atoms. The molecule has 0 heterocycles. The van der Waals surface area contributed by atoms with Crippen LogP contribution in [0.2, 0.25) is 0 Å². The van der Waals surface area contributed by atoms with Gasteiger partial charge in [-0.05, 0) is 164 Å². The number of hydrogen-bond donors (Lipinski definition) is 0. The van der Waals surface area contributed by atoms with Gasteiger partial charge in [-0.25, -0.2) is 0 Å². The van der Waals surface area contributed by atoms with Gasteiger partial charge in [0.1, 0.15) is 0 Å². The van der Waals surface area contributed by atoms with Gasteiger partial charge in [0.05, 0.1) is 10.8 Å². The molecule has 1 spiro atoms. The first-order valence-electron chi connectivity index (χ1n) is 26.2. The maximum Gasteiger partial charge on any atom is 0.0726 e. The average Bonchev–Trinajstić information content (AvgIpc) is 4.19. The fourth-order valence-corrected chi connectivity index (χ4v) is 14.1. The summed E-state index contributed by atoms with van der Waals surface area (Å²) in [5.41, 5.74) is 23.0. The van der Waals surface area contributed by atoms with E-state index in [-0.39, 0.29) is 0 Å². The van der Waals surface area contributed by atoms with Crippen LogP contribution in [-0.2, 0) is 10.8 Å². The Bertz CT molecular complexity index is 4330. The molecule has 1 heteroatoms. The lowest BCUT2D eigenvalue weighted by Gasteiger charge is -2.34. The van der Waals surface area contributed by atoms with E-state index in [1.165, 1.54) is 121 Å². The molecule has 0 amide bonds. The molecular weight excluding hydrogens is 903 g/mol. The summed E-state index contributed by atoms with van der Waals surface area (Å²) in [6, 6.07) is 107. The summed E-state index contributed by atoms with van der Waals surface area (Å²) >= 11 is 0. The number of anilines is 3. The van der Waals surface area contributed by atoms with Gasteiger partial charge in [0.25, 0.3) is 0 Å². The van der Waals surface area contributed by atoms with Crippen LogP contribution in [0.25, 0.3) is 76.8 Å². The first-order chi connectivity index (χ1) is 37.2. The number of fused-ring (bicyclic) bond motifs is 19. The van der Waals surface area contributed by atoms with Gasteiger partial charge in [-0.15, -0.1) is 0 Å². The van der Waals surface area contributed by atoms with E-state index in [1.54, 1.807) is 0 Å². The molecule has 0 N–H and O–H groups in total. The van der Waals surface area contributed by atoms with Crippen LogP contribution in [-0.4, -0.2) is 0 Å². The molecular formula is C74H47N. The summed E-state index contributed by atoms with van der Waals surface area (Å²) in [6.45, 7) is 0. The largest absolute Gasteiger partial charge is 0.310 e. The van der Waals surface area contributed by atoms with Gasteiger partial charge in [-0.2, -0.15) is 0 Å². The minimum absolute atomic E-state index is 0.467. The Hall–Kier alpha value is -9.56. The second kappa shape index (κ2) is 16.0. The highest BCUT2D eigenvalue weighted by molar-refractivity contribution is 6.26. The molecule has 0 fully saturated rings. The zero-order valence-electron chi connectivity index (χ0n) is 41.1. The van der Waals surface area contributed by atoms with Gasteiger partial charge in [0.15, 0.2) is 0 Å². The van der Waals surface area contributed by atoms with Crippen LogP contribution in [0.1, 0.15) is 44.5 Å². The summed E-state index contributed by atoms with van der Waals surface area (Å²) in [5.74, 6) is 0. The van der Waals surface area contributed by atoms with Crippen LogP contribution in [0.15, 0.2) is 285 Å². The molecule has 348 valence electrons. The van der Waals surface area contributed by atoms with Crippen molar-refractivity contribution in [3.8, 4) is 44.5 Å². The topological polar surface area (TPSA) is 3.24 Å². The van der Waals surface area contributed by atoms with Gasteiger partial charge in [0.2, 0.25) is 0 Å². The summed E-state index contributed by atoms with van der Waals surface area (Å²) < 4.78 is 0. The predicted molar refractivity (Wildman–Crippen MR) is 313 cm³/mol. The first-order valence-corrected chi connectivity index (χ1v) is 26.2. The van der Waals surface area contributed by atoms with Gasteiger partial charge in [-0.3, -0.25) is 0 Å². The monoisotopic (exact) mass is 949 g/mol. The Kier molecular flexibility index (Phi) is 8.94. The molecule has 0 atom stereocenters. The quantitative estimate of drug-likeness (QED) is 0.150. The van der Waals surface area contributed by atoms with Gasteiger partial charge in [0, 0.05) is 17.1 Å². The molecule has 13 aromatic carbocycles. The van der Waals surface area contributed by atoms with E-state index in [0.29, 0.717) is 0 Å². The minimum atomic E-state index is -0.474. The van der Waals surface area contributed by atoms with E-state index in [9.17, 15) is 0 Å². The highest BCUT2D eigenvalue weighted by Crippen LogP contribution is 2.64. The predicted octanol–water partition coefficient (Wildman–Crippen LogP) is 19.0. The van der Waals surface area contributed by atoms with Crippen LogP contribution in [0.5, 0.6) is 0 Å². The smallest absolute Gasteiger partial charge is 0.0726 e. The van der Waals surface area contributed by atoms with E-state index in [2.05, 4.69) is 290 Å². The minimum Gasteiger partial charge on any atom is -0.310 e. The highest BCUT2D eigenvalue weighted by atomic mass is 15.1. The number of nitrogens with zero attached hydrogens (tertiary/aromatic N) is 1. The Balaban J connectivity index is 0.904. The number of benzene rings is 13. The number of rotatable bonds is 6. The molecule has 3 aliphatic carbocycles. The Morgan fingerprint density at radius 1 is 0.200 bits per heavy atom. The van der Waals surface area contributed by atoms with Crippen molar-refractivity contribution in [1.29, 1.82) is 0 Å². The molecule has 0 unspecified atom stereocenters. The number of hydrogen-bond acceptors (Lipinski definition) is 1. The molecule has 1 nitrogen and oxygen atoms in total. The second-order valence-electron chi connectivity index (χ2n) is 20.6. The lowest BCUT2D eigenvalue weighted by molar-refractivity contribution is 0.769. The van der Waals surface area contributed by atoms with E-state index >= 15 is 0 Å². The molecule has 3 aliphatic rings. The Morgan fingerprint density at radius 3 is 1.07 bits per heavy atom. The zero-order chi connectivity index (χ0) is 49.2. The fraction of sp³-hybridized carbons (Fsp3) is 0.0270. The Labute approximate surface area is 436 Å². The second-order valence-corrected chi connectivity index (χ2v) is 20.6. The third kappa shape index (κ3) is 5.73. The van der Waals surface area contributed by atoms with Crippen molar-refractivity contribution in [2.24, 2.45) is 0 Å². The molecule has 0 radical (unpaired) electrons.